The molecule has 6 nitrogen and oxygen atoms in total. The fourth-order valence-electron chi connectivity index (χ4n) is 2.18. The average molecular weight is 310 g/mol. The minimum Gasteiger partial charge on any atom is -0.354 e. The summed E-state index contributed by atoms with van der Waals surface area (Å²) in [5, 5.41) is 0.575. The summed E-state index contributed by atoms with van der Waals surface area (Å²) in [5.74, 6) is 0. The standard InChI is InChI=1S/C14H18N2O4S/c1-10(14(19-2)20-3)16-21(17,18)13-8-4-7-12-11(13)6-5-9-15-12/h4-10,14,16H,1-3H3. The van der Waals surface area contributed by atoms with Crippen molar-refractivity contribution in [2.24, 2.45) is 0 Å². The normalized spacial score (nSPS) is 13.7. The van der Waals surface area contributed by atoms with Gasteiger partial charge in [-0.3, -0.25) is 4.98 Å². The van der Waals surface area contributed by atoms with Crippen molar-refractivity contribution in [3.63, 3.8) is 0 Å². The van der Waals surface area contributed by atoms with Crippen molar-refractivity contribution < 1.29 is 17.9 Å². The van der Waals surface area contributed by atoms with Crippen LogP contribution in [0.15, 0.2) is 41.4 Å². The largest absolute Gasteiger partial charge is 0.354 e. The lowest BCUT2D eigenvalue weighted by Gasteiger charge is -2.22. The lowest BCUT2D eigenvalue weighted by molar-refractivity contribution is -0.115. The SMILES string of the molecule is COC(OC)C(C)NS(=O)(=O)c1cccc2ncccc12. The van der Waals surface area contributed by atoms with Gasteiger partial charge in [0.15, 0.2) is 6.29 Å². The maximum Gasteiger partial charge on any atom is 0.241 e. The second-order valence-electron chi connectivity index (χ2n) is 4.58. The van der Waals surface area contributed by atoms with Gasteiger partial charge < -0.3 is 9.47 Å². The van der Waals surface area contributed by atoms with Crippen LogP contribution in [0.25, 0.3) is 10.9 Å². The second-order valence-corrected chi connectivity index (χ2v) is 6.26. The smallest absolute Gasteiger partial charge is 0.241 e. The van der Waals surface area contributed by atoms with Crippen LogP contribution in [0.2, 0.25) is 0 Å². The molecular formula is C14H18N2O4S. The summed E-state index contributed by atoms with van der Waals surface area (Å²) in [7, 11) is -0.783. The summed E-state index contributed by atoms with van der Waals surface area (Å²) in [6.45, 7) is 1.68. The maximum atomic E-state index is 12.5. The molecule has 2 rings (SSSR count). The number of hydrogen-bond donors (Lipinski definition) is 1. The van der Waals surface area contributed by atoms with Gasteiger partial charge in [0, 0.05) is 25.8 Å². The van der Waals surface area contributed by atoms with Gasteiger partial charge in [-0.25, -0.2) is 13.1 Å². The van der Waals surface area contributed by atoms with E-state index in [4.69, 9.17) is 9.47 Å². The summed E-state index contributed by atoms with van der Waals surface area (Å²) < 4.78 is 37.8. The van der Waals surface area contributed by atoms with Gasteiger partial charge in [-0.1, -0.05) is 6.07 Å². The van der Waals surface area contributed by atoms with Gasteiger partial charge >= 0.3 is 0 Å². The number of methoxy groups -OCH3 is 2. The van der Waals surface area contributed by atoms with Crippen LogP contribution in [0.3, 0.4) is 0 Å². The molecule has 1 aromatic heterocycles. The lowest BCUT2D eigenvalue weighted by atomic mass is 10.2. The summed E-state index contributed by atoms with van der Waals surface area (Å²) in [6.07, 6.45) is 0.966. The highest BCUT2D eigenvalue weighted by atomic mass is 32.2. The molecule has 114 valence electrons. The van der Waals surface area contributed by atoms with Gasteiger partial charge in [0.05, 0.1) is 16.5 Å². The topological polar surface area (TPSA) is 77.5 Å². The van der Waals surface area contributed by atoms with Crippen LogP contribution in [0, 0.1) is 0 Å². The van der Waals surface area contributed by atoms with Crippen LogP contribution >= 0.6 is 0 Å². The molecule has 0 radical (unpaired) electrons. The quantitative estimate of drug-likeness (QED) is 0.819. The highest BCUT2D eigenvalue weighted by Crippen LogP contribution is 2.21. The average Bonchev–Trinajstić information content (AvgIpc) is 2.47. The molecule has 1 atom stereocenters. The Labute approximate surface area is 124 Å². The Hall–Kier alpha value is -1.54. The number of rotatable bonds is 6. The molecule has 0 fully saturated rings. The zero-order chi connectivity index (χ0) is 15.5. The highest BCUT2D eigenvalue weighted by molar-refractivity contribution is 7.89. The number of sulfonamides is 1. The van der Waals surface area contributed by atoms with Crippen LogP contribution in [0.5, 0.6) is 0 Å². The summed E-state index contributed by atoms with van der Waals surface area (Å²) in [5.41, 5.74) is 0.628. The van der Waals surface area contributed by atoms with E-state index in [-0.39, 0.29) is 4.90 Å². The summed E-state index contributed by atoms with van der Waals surface area (Å²) >= 11 is 0. The molecule has 7 heteroatoms. The van der Waals surface area contributed by atoms with E-state index < -0.39 is 22.4 Å². The molecule has 0 saturated carbocycles. The third-order valence-corrected chi connectivity index (χ3v) is 4.73. The van der Waals surface area contributed by atoms with Crippen molar-refractivity contribution >= 4 is 20.9 Å². The van der Waals surface area contributed by atoms with Crippen molar-refractivity contribution in [3.8, 4) is 0 Å². The molecular weight excluding hydrogens is 292 g/mol. The van der Waals surface area contributed by atoms with Crippen molar-refractivity contribution in [1.29, 1.82) is 0 Å². The van der Waals surface area contributed by atoms with E-state index in [1.165, 1.54) is 14.2 Å². The van der Waals surface area contributed by atoms with Crippen LogP contribution < -0.4 is 4.72 Å². The molecule has 0 saturated heterocycles. The van der Waals surface area contributed by atoms with Crippen LogP contribution in [-0.4, -0.2) is 40.0 Å². The Kier molecular flexibility index (Phi) is 4.89. The van der Waals surface area contributed by atoms with Crippen molar-refractivity contribution in [2.45, 2.75) is 24.2 Å². The van der Waals surface area contributed by atoms with Crippen molar-refractivity contribution in [1.82, 2.24) is 9.71 Å². The Bertz CT molecular complexity index is 708. The molecule has 1 heterocycles. The zero-order valence-corrected chi connectivity index (χ0v) is 12.9. The first-order valence-electron chi connectivity index (χ1n) is 6.41. The van der Waals surface area contributed by atoms with Crippen molar-refractivity contribution in [2.75, 3.05) is 14.2 Å². The molecule has 0 spiro atoms. The Morgan fingerprint density at radius 1 is 1.14 bits per heavy atom. The van der Waals surface area contributed by atoms with Gasteiger partial charge in [0.2, 0.25) is 10.0 Å². The van der Waals surface area contributed by atoms with Crippen LogP contribution in [0.1, 0.15) is 6.92 Å². The van der Waals surface area contributed by atoms with E-state index in [1.807, 2.05) is 0 Å². The predicted molar refractivity (Wildman–Crippen MR) is 79.3 cm³/mol. The number of hydrogen-bond acceptors (Lipinski definition) is 5. The third-order valence-electron chi connectivity index (χ3n) is 3.11. The number of ether oxygens (including phenoxy) is 2. The highest BCUT2D eigenvalue weighted by Gasteiger charge is 2.24. The summed E-state index contributed by atoms with van der Waals surface area (Å²) in [4.78, 5) is 4.35. The van der Waals surface area contributed by atoms with Crippen LogP contribution in [-0.2, 0) is 19.5 Å². The first-order chi connectivity index (χ1) is 9.99. The second kappa shape index (κ2) is 6.48. The molecule has 0 bridgehead atoms. The van der Waals surface area contributed by atoms with Gasteiger partial charge in [-0.2, -0.15) is 0 Å². The number of pyridine rings is 1. The number of nitrogens with zero attached hydrogens (tertiary/aromatic N) is 1. The van der Waals surface area contributed by atoms with Gasteiger partial charge in [-0.15, -0.1) is 0 Å². The van der Waals surface area contributed by atoms with E-state index in [2.05, 4.69) is 9.71 Å². The number of fused-ring (bicyclic) bond motifs is 1. The molecule has 21 heavy (non-hydrogen) atoms. The molecule has 0 aliphatic rings. The first kappa shape index (κ1) is 15.8. The molecule has 0 aliphatic heterocycles. The Balaban J connectivity index is 2.38. The predicted octanol–water partition coefficient (Wildman–Crippen LogP) is 1.52. The van der Waals surface area contributed by atoms with E-state index >= 15 is 0 Å². The number of benzene rings is 1. The lowest BCUT2D eigenvalue weighted by Crippen LogP contribution is -2.42. The third kappa shape index (κ3) is 3.38. The fraction of sp³-hybridized carbons (Fsp3) is 0.357. The van der Waals surface area contributed by atoms with Crippen molar-refractivity contribution in [3.05, 3.63) is 36.5 Å². The molecule has 2 aromatic rings. The Morgan fingerprint density at radius 2 is 1.86 bits per heavy atom. The van der Waals surface area contributed by atoms with E-state index in [0.717, 1.165) is 0 Å². The molecule has 0 aliphatic carbocycles. The monoisotopic (exact) mass is 310 g/mol. The fourth-order valence-corrected chi connectivity index (χ4v) is 3.63. The molecule has 1 unspecified atom stereocenters. The van der Waals surface area contributed by atoms with Gasteiger partial charge in [0.1, 0.15) is 0 Å². The summed E-state index contributed by atoms with van der Waals surface area (Å²) in [6, 6.07) is 7.89. The van der Waals surface area contributed by atoms with E-state index in [1.54, 1.807) is 43.5 Å². The maximum absolute atomic E-state index is 12.5. The van der Waals surface area contributed by atoms with Gasteiger partial charge in [0.25, 0.3) is 0 Å². The van der Waals surface area contributed by atoms with Gasteiger partial charge in [-0.05, 0) is 31.2 Å². The minimum atomic E-state index is -3.70. The molecule has 1 aromatic carbocycles. The number of aromatic nitrogens is 1. The molecule has 0 amide bonds. The van der Waals surface area contributed by atoms with Crippen LogP contribution in [0.4, 0.5) is 0 Å². The molecule has 1 N–H and O–H groups in total. The van der Waals surface area contributed by atoms with E-state index in [9.17, 15) is 8.42 Å². The van der Waals surface area contributed by atoms with E-state index in [0.29, 0.717) is 10.9 Å². The Morgan fingerprint density at radius 3 is 2.52 bits per heavy atom. The number of nitrogens with one attached hydrogen (secondary N) is 1. The first-order valence-corrected chi connectivity index (χ1v) is 7.89. The minimum absolute atomic E-state index is 0.186. The zero-order valence-electron chi connectivity index (χ0n) is 12.1.